The number of para-hydroxylation sites is 1. The number of anilines is 2. The summed E-state index contributed by atoms with van der Waals surface area (Å²) in [6, 6.07) is 11.0. The molecule has 2 aromatic heterocycles. The van der Waals surface area contributed by atoms with Crippen LogP contribution in [-0.4, -0.2) is 39.5 Å². The van der Waals surface area contributed by atoms with Crippen LogP contribution in [0.1, 0.15) is 18.6 Å². The van der Waals surface area contributed by atoms with E-state index in [-0.39, 0.29) is 11.7 Å². The molecule has 28 heavy (non-hydrogen) atoms. The summed E-state index contributed by atoms with van der Waals surface area (Å²) in [4.78, 5) is 14.6. The number of carbonyl (C=O) groups excluding carboxylic acids is 1. The number of carbonyl (C=O) groups is 1. The van der Waals surface area contributed by atoms with Gasteiger partial charge in [0.1, 0.15) is 5.76 Å². The van der Waals surface area contributed by atoms with Gasteiger partial charge in [0.2, 0.25) is 11.9 Å². The maximum Gasteiger partial charge on any atom is 0.234 e. The van der Waals surface area contributed by atoms with Gasteiger partial charge in [-0.3, -0.25) is 9.36 Å². The summed E-state index contributed by atoms with van der Waals surface area (Å²) >= 11 is 7.45. The molecule has 1 aliphatic rings. The second-order valence-corrected chi connectivity index (χ2v) is 7.81. The van der Waals surface area contributed by atoms with Crippen molar-refractivity contribution >= 4 is 40.9 Å². The zero-order chi connectivity index (χ0) is 19.3. The van der Waals surface area contributed by atoms with Crippen LogP contribution in [0.5, 0.6) is 0 Å². The van der Waals surface area contributed by atoms with Crippen molar-refractivity contribution in [1.82, 2.24) is 14.8 Å². The van der Waals surface area contributed by atoms with Crippen molar-refractivity contribution in [3.8, 4) is 0 Å². The van der Waals surface area contributed by atoms with E-state index < -0.39 is 0 Å². The number of hydrogen-bond donors (Lipinski definition) is 1. The molecule has 0 bridgehead atoms. The minimum atomic E-state index is -0.145. The number of rotatable bonds is 7. The molecule has 0 aliphatic carbocycles. The Hall–Kier alpha value is -2.45. The van der Waals surface area contributed by atoms with Gasteiger partial charge in [-0.25, -0.2) is 0 Å². The van der Waals surface area contributed by atoms with Gasteiger partial charge in [0.15, 0.2) is 5.16 Å². The zero-order valence-electron chi connectivity index (χ0n) is 15.2. The summed E-state index contributed by atoms with van der Waals surface area (Å²) in [7, 11) is 0. The Morgan fingerprint density at radius 1 is 1.18 bits per heavy atom. The van der Waals surface area contributed by atoms with Gasteiger partial charge in [-0.15, -0.1) is 10.2 Å². The smallest absolute Gasteiger partial charge is 0.234 e. The molecule has 3 aromatic rings. The molecule has 0 unspecified atom stereocenters. The molecule has 1 aromatic carbocycles. The molecule has 1 amide bonds. The molecule has 0 atom stereocenters. The van der Waals surface area contributed by atoms with Crippen molar-refractivity contribution in [3.05, 3.63) is 53.4 Å². The van der Waals surface area contributed by atoms with Crippen LogP contribution in [0.3, 0.4) is 0 Å². The third-order valence-corrected chi connectivity index (χ3v) is 5.76. The average molecular weight is 418 g/mol. The van der Waals surface area contributed by atoms with E-state index >= 15 is 0 Å². The summed E-state index contributed by atoms with van der Waals surface area (Å²) in [5.41, 5.74) is 0.601. The third kappa shape index (κ3) is 4.34. The van der Waals surface area contributed by atoms with E-state index in [2.05, 4.69) is 20.4 Å². The number of nitrogens with zero attached hydrogens (tertiary/aromatic N) is 4. The first-order valence-electron chi connectivity index (χ1n) is 9.08. The number of benzene rings is 1. The lowest BCUT2D eigenvalue weighted by Crippen LogP contribution is -2.22. The van der Waals surface area contributed by atoms with Crippen LogP contribution in [0.25, 0.3) is 0 Å². The van der Waals surface area contributed by atoms with Crippen molar-refractivity contribution in [2.75, 3.05) is 29.1 Å². The monoisotopic (exact) mass is 417 g/mol. The van der Waals surface area contributed by atoms with Gasteiger partial charge in [0.25, 0.3) is 0 Å². The molecule has 4 rings (SSSR count). The van der Waals surface area contributed by atoms with Crippen LogP contribution >= 0.6 is 23.4 Å². The number of nitrogens with one attached hydrogen (secondary N) is 1. The highest BCUT2D eigenvalue weighted by molar-refractivity contribution is 7.99. The highest BCUT2D eigenvalue weighted by atomic mass is 35.5. The van der Waals surface area contributed by atoms with Crippen LogP contribution in [0.4, 0.5) is 11.6 Å². The van der Waals surface area contributed by atoms with Crippen molar-refractivity contribution in [2.24, 2.45) is 0 Å². The van der Waals surface area contributed by atoms with Gasteiger partial charge in [0.05, 0.1) is 29.3 Å². The first-order valence-corrected chi connectivity index (χ1v) is 10.4. The van der Waals surface area contributed by atoms with Gasteiger partial charge >= 0.3 is 0 Å². The fourth-order valence-electron chi connectivity index (χ4n) is 3.11. The normalized spacial score (nSPS) is 13.8. The predicted molar refractivity (Wildman–Crippen MR) is 110 cm³/mol. The van der Waals surface area contributed by atoms with E-state index in [1.807, 2.05) is 28.8 Å². The topological polar surface area (TPSA) is 76.2 Å². The largest absolute Gasteiger partial charge is 0.467 e. The quantitative estimate of drug-likeness (QED) is 0.587. The third-order valence-electron chi connectivity index (χ3n) is 4.46. The lowest BCUT2D eigenvalue weighted by Gasteiger charge is -2.17. The van der Waals surface area contributed by atoms with Crippen molar-refractivity contribution in [1.29, 1.82) is 0 Å². The molecule has 0 radical (unpaired) electrons. The lowest BCUT2D eigenvalue weighted by molar-refractivity contribution is -0.113. The van der Waals surface area contributed by atoms with Gasteiger partial charge in [-0.1, -0.05) is 35.5 Å². The highest BCUT2D eigenvalue weighted by Crippen LogP contribution is 2.26. The Labute approximate surface area is 172 Å². The number of hydrogen-bond acceptors (Lipinski definition) is 6. The predicted octanol–water partition coefficient (Wildman–Crippen LogP) is 3.90. The summed E-state index contributed by atoms with van der Waals surface area (Å²) in [6.07, 6.45) is 3.95. The molecule has 9 heteroatoms. The van der Waals surface area contributed by atoms with E-state index in [1.165, 1.54) is 11.8 Å². The zero-order valence-corrected chi connectivity index (χ0v) is 16.7. The number of aromatic nitrogens is 3. The van der Waals surface area contributed by atoms with Crippen LogP contribution in [0.15, 0.2) is 52.2 Å². The maximum absolute atomic E-state index is 12.4. The number of thioether (sulfide) groups is 1. The molecule has 1 saturated heterocycles. The van der Waals surface area contributed by atoms with Crippen LogP contribution in [-0.2, 0) is 11.3 Å². The Bertz CT molecular complexity index is 938. The minimum Gasteiger partial charge on any atom is -0.467 e. The van der Waals surface area contributed by atoms with E-state index in [9.17, 15) is 4.79 Å². The van der Waals surface area contributed by atoms with E-state index in [4.69, 9.17) is 16.0 Å². The highest BCUT2D eigenvalue weighted by Gasteiger charge is 2.22. The average Bonchev–Trinajstić information content (AvgIpc) is 3.44. The molecular weight excluding hydrogens is 398 g/mol. The fraction of sp³-hybridized carbons (Fsp3) is 0.316. The van der Waals surface area contributed by atoms with E-state index in [1.54, 1.807) is 18.4 Å². The fourth-order valence-corrected chi connectivity index (χ4v) is 4.03. The van der Waals surface area contributed by atoms with Crippen LogP contribution in [0, 0.1) is 0 Å². The summed E-state index contributed by atoms with van der Waals surface area (Å²) in [5, 5.41) is 12.7. The first kappa shape index (κ1) is 18.9. The molecule has 7 nitrogen and oxygen atoms in total. The Kier molecular flexibility index (Phi) is 5.87. The SMILES string of the molecule is O=C(CSc1nnc(N2CCCC2)n1Cc1ccco1)Nc1ccccc1Cl. The minimum absolute atomic E-state index is 0.145. The van der Waals surface area contributed by atoms with Crippen molar-refractivity contribution in [2.45, 2.75) is 24.5 Å². The number of furan rings is 1. The Balaban J connectivity index is 1.47. The molecule has 0 spiro atoms. The Morgan fingerprint density at radius 3 is 2.75 bits per heavy atom. The lowest BCUT2D eigenvalue weighted by atomic mass is 10.3. The summed E-state index contributed by atoms with van der Waals surface area (Å²) in [6.45, 7) is 2.46. The van der Waals surface area contributed by atoms with Gasteiger partial charge < -0.3 is 14.6 Å². The van der Waals surface area contributed by atoms with Gasteiger partial charge in [-0.2, -0.15) is 0 Å². The number of amides is 1. The molecule has 0 saturated carbocycles. The van der Waals surface area contributed by atoms with Gasteiger partial charge in [0, 0.05) is 13.1 Å². The van der Waals surface area contributed by atoms with E-state index in [0.717, 1.165) is 37.6 Å². The van der Waals surface area contributed by atoms with Crippen LogP contribution in [0.2, 0.25) is 5.02 Å². The molecule has 3 heterocycles. The second-order valence-electron chi connectivity index (χ2n) is 6.46. The molecule has 146 valence electrons. The molecule has 1 aliphatic heterocycles. The molecular formula is C19H20ClN5O2S. The molecule has 1 N–H and O–H groups in total. The molecule has 1 fully saturated rings. The van der Waals surface area contributed by atoms with Crippen molar-refractivity contribution in [3.63, 3.8) is 0 Å². The maximum atomic E-state index is 12.4. The second kappa shape index (κ2) is 8.70. The van der Waals surface area contributed by atoms with Crippen LogP contribution < -0.4 is 10.2 Å². The summed E-state index contributed by atoms with van der Waals surface area (Å²) in [5.74, 6) is 1.71. The first-order chi connectivity index (χ1) is 13.7. The van der Waals surface area contributed by atoms with Gasteiger partial charge in [-0.05, 0) is 37.1 Å². The van der Waals surface area contributed by atoms with E-state index in [0.29, 0.717) is 22.4 Å². The number of halogens is 1. The van der Waals surface area contributed by atoms with Crippen molar-refractivity contribution < 1.29 is 9.21 Å². The standard InChI is InChI=1S/C19H20ClN5O2S/c20-15-7-1-2-8-16(15)21-17(26)13-28-19-23-22-18(24-9-3-4-10-24)25(19)12-14-6-5-11-27-14/h1-2,5-8,11H,3-4,9-10,12-13H2,(H,21,26). The Morgan fingerprint density at radius 2 is 2.00 bits per heavy atom. The summed E-state index contributed by atoms with van der Waals surface area (Å²) < 4.78 is 7.51.